The van der Waals surface area contributed by atoms with Gasteiger partial charge in [-0.05, 0) is 12.5 Å². The van der Waals surface area contributed by atoms with Gasteiger partial charge in [-0.2, -0.15) is 0 Å². The van der Waals surface area contributed by atoms with Crippen LogP contribution in [0.1, 0.15) is 21.7 Å². The fourth-order valence-electron chi connectivity index (χ4n) is 3.12. The number of aryl methyl sites for hydroxylation is 2. The minimum Gasteiger partial charge on any atom is -0.477 e. The van der Waals surface area contributed by atoms with Crippen LogP contribution in [-0.4, -0.2) is 34.6 Å². The lowest BCUT2D eigenvalue weighted by Gasteiger charge is -2.07. The summed E-state index contributed by atoms with van der Waals surface area (Å²) in [5, 5.41) is 9.46. The fraction of sp³-hybridized carbons (Fsp3) is 0.176. The van der Waals surface area contributed by atoms with Crippen molar-refractivity contribution in [3.8, 4) is 0 Å². The maximum absolute atomic E-state index is 13.0. The number of imidazole rings is 2. The Labute approximate surface area is 141 Å². The summed E-state index contributed by atoms with van der Waals surface area (Å²) in [6.45, 7) is 2.04. The van der Waals surface area contributed by atoms with Crippen LogP contribution in [0.25, 0.3) is 16.9 Å². The molecule has 0 atom stereocenters. The Morgan fingerprint density at radius 1 is 1.24 bits per heavy atom. The van der Waals surface area contributed by atoms with Crippen molar-refractivity contribution in [2.24, 2.45) is 7.05 Å². The highest BCUT2D eigenvalue weighted by Crippen LogP contribution is 2.16. The minimum atomic E-state index is -1.18. The smallest absolute Gasteiger partial charge is 0.354 e. The molecule has 3 heterocycles. The topological polar surface area (TPSA) is 94.4 Å². The Hall–Kier alpha value is -3.42. The van der Waals surface area contributed by atoms with Gasteiger partial charge in [0.15, 0.2) is 16.9 Å². The second-order valence-corrected chi connectivity index (χ2v) is 5.88. The zero-order valence-electron chi connectivity index (χ0n) is 13.7. The summed E-state index contributed by atoms with van der Waals surface area (Å²) in [5.74, 6) is -0.923. The fourth-order valence-corrected chi connectivity index (χ4v) is 3.12. The first-order valence-electron chi connectivity index (χ1n) is 7.69. The molecule has 0 fully saturated rings. The highest BCUT2D eigenvalue weighted by molar-refractivity contribution is 5.89. The SMILES string of the molecule is Cc1nc2n(C)c3ncn(Cc4ccccc4)c3c(=O)n2c1C(=O)O. The van der Waals surface area contributed by atoms with Crippen LogP contribution in [0.5, 0.6) is 0 Å². The first kappa shape index (κ1) is 15.1. The summed E-state index contributed by atoms with van der Waals surface area (Å²) in [5.41, 5.74) is 1.57. The Morgan fingerprint density at radius 2 is 1.96 bits per heavy atom. The van der Waals surface area contributed by atoms with Crippen LogP contribution in [0, 0.1) is 6.92 Å². The van der Waals surface area contributed by atoms with Gasteiger partial charge in [0, 0.05) is 13.6 Å². The number of benzene rings is 1. The monoisotopic (exact) mass is 337 g/mol. The number of fused-ring (bicyclic) bond motifs is 2. The van der Waals surface area contributed by atoms with Crippen LogP contribution < -0.4 is 5.56 Å². The average molecular weight is 337 g/mol. The molecule has 8 nitrogen and oxygen atoms in total. The van der Waals surface area contributed by atoms with E-state index in [1.54, 1.807) is 29.4 Å². The lowest BCUT2D eigenvalue weighted by Crippen LogP contribution is -2.23. The van der Waals surface area contributed by atoms with E-state index in [9.17, 15) is 14.7 Å². The van der Waals surface area contributed by atoms with Gasteiger partial charge < -0.3 is 9.67 Å². The molecule has 0 spiro atoms. The lowest BCUT2D eigenvalue weighted by molar-refractivity contribution is 0.0688. The summed E-state index contributed by atoms with van der Waals surface area (Å²) in [6, 6.07) is 9.68. The number of aromatic nitrogens is 5. The van der Waals surface area contributed by atoms with Crippen LogP contribution in [0.15, 0.2) is 41.5 Å². The van der Waals surface area contributed by atoms with E-state index < -0.39 is 11.5 Å². The molecule has 4 rings (SSSR count). The van der Waals surface area contributed by atoms with Gasteiger partial charge in [0.2, 0.25) is 5.78 Å². The number of carboxylic acids is 1. The lowest BCUT2D eigenvalue weighted by atomic mass is 10.2. The first-order valence-corrected chi connectivity index (χ1v) is 7.69. The quantitative estimate of drug-likeness (QED) is 0.610. The second kappa shape index (κ2) is 5.30. The molecule has 0 aliphatic heterocycles. The number of aromatic carboxylic acids is 1. The van der Waals surface area contributed by atoms with Crippen molar-refractivity contribution in [3.05, 3.63) is 64.0 Å². The van der Waals surface area contributed by atoms with E-state index in [4.69, 9.17) is 0 Å². The van der Waals surface area contributed by atoms with E-state index >= 15 is 0 Å². The molecule has 0 unspecified atom stereocenters. The molecule has 1 aromatic carbocycles. The van der Waals surface area contributed by atoms with Gasteiger partial charge in [-0.3, -0.25) is 9.36 Å². The van der Waals surface area contributed by atoms with E-state index in [2.05, 4.69) is 9.97 Å². The van der Waals surface area contributed by atoms with Crippen LogP contribution in [0.4, 0.5) is 0 Å². The molecule has 0 amide bonds. The molecular formula is C17H15N5O3. The molecule has 25 heavy (non-hydrogen) atoms. The van der Waals surface area contributed by atoms with Gasteiger partial charge in [-0.1, -0.05) is 30.3 Å². The van der Waals surface area contributed by atoms with Gasteiger partial charge in [-0.15, -0.1) is 0 Å². The number of hydrogen-bond donors (Lipinski definition) is 1. The number of carbonyl (C=O) groups is 1. The van der Waals surface area contributed by atoms with Gasteiger partial charge in [0.25, 0.3) is 5.56 Å². The van der Waals surface area contributed by atoms with E-state index in [0.717, 1.165) is 9.96 Å². The number of carboxylic acid groups (broad SMARTS) is 1. The van der Waals surface area contributed by atoms with Gasteiger partial charge in [0.05, 0.1) is 12.0 Å². The third-order valence-electron chi connectivity index (χ3n) is 4.27. The average Bonchev–Trinajstić information content (AvgIpc) is 3.15. The molecule has 3 aromatic heterocycles. The predicted molar refractivity (Wildman–Crippen MR) is 91.0 cm³/mol. The van der Waals surface area contributed by atoms with E-state index in [0.29, 0.717) is 23.4 Å². The Bertz CT molecular complexity index is 1180. The molecule has 0 saturated carbocycles. The van der Waals surface area contributed by atoms with Gasteiger partial charge >= 0.3 is 5.97 Å². The van der Waals surface area contributed by atoms with Crippen molar-refractivity contribution < 1.29 is 9.90 Å². The summed E-state index contributed by atoms with van der Waals surface area (Å²) in [4.78, 5) is 33.2. The molecule has 0 aliphatic carbocycles. The van der Waals surface area contributed by atoms with Crippen molar-refractivity contribution >= 4 is 22.9 Å². The second-order valence-electron chi connectivity index (χ2n) is 5.88. The molecule has 8 heteroatoms. The highest BCUT2D eigenvalue weighted by Gasteiger charge is 2.23. The van der Waals surface area contributed by atoms with Crippen molar-refractivity contribution in [1.82, 2.24) is 23.5 Å². The number of rotatable bonds is 3. The van der Waals surface area contributed by atoms with Crippen LogP contribution in [-0.2, 0) is 13.6 Å². The molecule has 0 aliphatic rings. The minimum absolute atomic E-state index is 0.120. The summed E-state index contributed by atoms with van der Waals surface area (Å²) >= 11 is 0. The highest BCUT2D eigenvalue weighted by atomic mass is 16.4. The molecule has 1 N–H and O–H groups in total. The maximum atomic E-state index is 13.0. The third-order valence-corrected chi connectivity index (χ3v) is 4.27. The van der Waals surface area contributed by atoms with Gasteiger partial charge in [0.1, 0.15) is 0 Å². The number of nitrogens with zero attached hydrogens (tertiary/aromatic N) is 5. The number of hydrogen-bond acceptors (Lipinski definition) is 4. The summed E-state index contributed by atoms with van der Waals surface area (Å²) < 4.78 is 4.51. The van der Waals surface area contributed by atoms with Gasteiger partial charge in [-0.25, -0.2) is 19.2 Å². The summed E-state index contributed by atoms with van der Waals surface area (Å²) in [6.07, 6.45) is 1.59. The zero-order valence-corrected chi connectivity index (χ0v) is 13.7. The molecule has 0 saturated heterocycles. The summed E-state index contributed by atoms with van der Waals surface area (Å²) in [7, 11) is 1.72. The molecular weight excluding hydrogens is 322 g/mol. The van der Waals surface area contributed by atoms with Crippen molar-refractivity contribution in [1.29, 1.82) is 0 Å². The molecule has 0 radical (unpaired) electrons. The Morgan fingerprint density at radius 3 is 2.64 bits per heavy atom. The largest absolute Gasteiger partial charge is 0.477 e. The standard InChI is InChI=1S/C17H15N5O3/c1-10-12(16(24)25)22-15(23)13-14(20(2)17(22)19-10)18-9-21(13)8-11-6-4-3-5-7-11/h3-7,9H,8H2,1-2H3,(H,24,25). The van der Waals surface area contributed by atoms with Crippen LogP contribution in [0.3, 0.4) is 0 Å². The Kier molecular flexibility index (Phi) is 3.21. The van der Waals surface area contributed by atoms with Crippen LogP contribution in [0.2, 0.25) is 0 Å². The molecule has 126 valence electrons. The van der Waals surface area contributed by atoms with Crippen molar-refractivity contribution in [3.63, 3.8) is 0 Å². The first-order chi connectivity index (χ1) is 12.0. The molecule has 0 bridgehead atoms. The van der Waals surface area contributed by atoms with E-state index in [1.807, 2.05) is 30.3 Å². The normalized spacial score (nSPS) is 11.4. The van der Waals surface area contributed by atoms with Crippen LogP contribution >= 0.6 is 0 Å². The van der Waals surface area contributed by atoms with E-state index in [-0.39, 0.29) is 11.5 Å². The Balaban J connectivity index is 2.06. The predicted octanol–water partition coefficient (Wildman–Crippen LogP) is 1.44. The van der Waals surface area contributed by atoms with Crippen molar-refractivity contribution in [2.45, 2.75) is 13.5 Å². The van der Waals surface area contributed by atoms with E-state index in [1.165, 1.54) is 0 Å². The maximum Gasteiger partial charge on any atom is 0.354 e. The third kappa shape index (κ3) is 2.14. The van der Waals surface area contributed by atoms with Crippen molar-refractivity contribution in [2.75, 3.05) is 0 Å². The molecule has 4 aromatic rings. The zero-order chi connectivity index (χ0) is 17.7.